The highest BCUT2D eigenvalue weighted by Crippen LogP contribution is 2.32. The van der Waals surface area contributed by atoms with Gasteiger partial charge in [-0.2, -0.15) is 0 Å². The molecule has 2 aromatic heterocycles. The molecule has 0 unspecified atom stereocenters. The number of hydrogen-bond acceptors (Lipinski definition) is 3. The van der Waals surface area contributed by atoms with Gasteiger partial charge >= 0.3 is 0 Å². The molecule has 3 heterocycles. The summed E-state index contributed by atoms with van der Waals surface area (Å²) >= 11 is 7.86. The van der Waals surface area contributed by atoms with Crippen LogP contribution in [0.4, 0.5) is 4.39 Å². The molecule has 7 heteroatoms. The molecule has 0 aliphatic carbocycles. The quantitative estimate of drug-likeness (QED) is 0.462. The number of halogens is 2. The molecule has 0 fully saturated rings. The number of aromatic nitrogens is 3. The standard InChI is InChI=1S/C20H15ClFN3OS/c1-11-2-5-16-14(8-11)17-18(19(26)24-6-7-27-20(24)23-17)25(16)10-12-3-4-13(22)9-15(12)21/h2-5,8-9H,6-7,10H2,1H3. The first-order valence-corrected chi connectivity index (χ1v) is 9.99. The van der Waals surface area contributed by atoms with Gasteiger partial charge in [-0.3, -0.25) is 9.36 Å². The highest BCUT2D eigenvalue weighted by atomic mass is 35.5. The Morgan fingerprint density at radius 1 is 1.26 bits per heavy atom. The molecule has 4 aromatic rings. The fraction of sp³-hybridized carbons (Fsp3) is 0.200. The summed E-state index contributed by atoms with van der Waals surface area (Å²) in [5.41, 5.74) is 4.05. The molecule has 2 aromatic carbocycles. The fourth-order valence-corrected chi connectivity index (χ4v) is 4.84. The van der Waals surface area contributed by atoms with Gasteiger partial charge in [-0.15, -0.1) is 0 Å². The molecule has 0 spiro atoms. The number of nitrogens with zero attached hydrogens (tertiary/aromatic N) is 3. The van der Waals surface area contributed by atoms with E-state index < -0.39 is 0 Å². The molecule has 1 aliphatic rings. The summed E-state index contributed by atoms with van der Waals surface area (Å²) in [6.07, 6.45) is 0. The van der Waals surface area contributed by atoms with Crippen molar-refractivity contribution in [2.24, 2.45) is 0 Å². The SMILES string of the molecule is Cc1ccc2c(c1)c1nc3n(c(=O)c1n2Cc1ccc(F)cc1Cl)CCS3. The van der Waals surface area contributed by atoms with E-state index in [9.17, 15) is 9.18 Å². The van der Waals surface area contributed by atoms with Crippen LogP contribution in [0.15, 0.2) is 46.3 Å². The number of fused-ring (bicyclic) bond motifs is 4. The lowest BCUT2D eigenvalue weighted by atomic mass is 10.1. The summed E-state index contributed by atoms with van der Waals surface area (Å²) < 4.78 is 17.1. The summed E-state index contributed by atoms with van der Waals surface area (Å²) in [6.45, 7) is 3.07. The highest BCUT2D eigenvalue weighted by Gasteiger charge is 2.23. The number of benzene rings is 2. The Labute approximate surface area is 163 Å². The van der Waals surface area contributed by atoms with Gasteiger partial charge in [0.25, 0.3) is 5.56 Å². The first-order chi connectivity index (χ1) is 13.0. The van der Waals surface area contributed by atoms with Crippen molar-refractivity contribution in [3.63, 3.8) is 0 Å². The molecule has 5 rings (SSSR count). The van der Waals surface area contributed by atoms with Crippen LogP contribution in [-0.4, -0.2) is 19.9 Å². The lowest BCUT2D eigenvalue weighted by Crippen LogP contribution is -2.22. The Bertz CT molecular complexity index is 1290. The van der Waals surface area contributed by atoms with E-state index in [1.807, 2.05) is 23.6 Å². The van der Waals surface area contributed by atoms with Crippen LogP contribution in [0.2, 0.25) is 5.02 Å². The Balaban J connectivity index is 1.85. The van der Waals surface area contributed by atoms with Gasteiger partial charge < -0.3 is 4.57 Å². The predicted octanol–water partition coefficient (Wildman–Crippen LogP) is 4.61. The molecule has 0 saturated heterocycles. The zero-order chi connectivity index (χ0) is 18.7. The van der Waals surface area contributed by atoms with Crippen molar-refractivity contribution in [2.75, 3.05) is 5.75 Å². The van der Waals surface area contributed by atoms with Crippen LogP contribution in [0.3, 0.4) is 0 Å². The van der Waals surface area contributed by atoms with Gasteiger partial charge in [0.15, 0.2) is 5.16 Å². The van der Waals surface area contributed by atoms with E-state index in [0.29, 0.717) is 23.6 Å². The van der Waals surface area contributed by atoms with E-state index in [-0.39, 0.29) is 11.4 Å². The van der Waals surface area contributed by atoms with E-state index >= 15 is 0 Å². The van der Waals surface area contributed by atoms with Gasteiger partial charge in [0, 0.05) is 29.3 Å². The van der Waals surface area contributed by atoms with Gasteiger partial charge in [0.05, 0.1) is 5.52 Å². The highest BCUT2D eigenvalue weighted by molar-refractivity contribution is 7.99. The molecule has 0 bridgehead atoms. The molecule has 136 valence electrons. The van der Waals surface area contributed by atoms with Crippen molar-refractivity contribution in [1.82, 2.24) is 14.1 Å². The zero-order valence-corrected chi connectivity index (χ0v) is 16.1. The Morgan fingerprint density at radius 2 is 2.11 bits per heavy atom. The van der Waals surface area contributed by atoms with E-state index in [1.54, 1.807) is 22.4 Å². The molecular formula is C20H15ClFN3OS. The molecule has 27 heavy (non-hydrogen) atoms. The smallest absolute Gasteiger partial charge is 0.278 e. The second kappa shape index (κ2) is 6.11. The van der Waals surface area contributed by atoms with E-state index in [4.69, 9.17) is 16.6 Å². The predicted molar refractivity (Wildman–Crippen MR) is 107 cm³/mol. The lowest BCUT2D eigenvalue weighted by Gasteiger charge is -2.10. The second-order valence-electron chi connectivity index (χ2n) is 6.74. The average Bonchev–Trinajstić information content (AvgIpc) is 3.21. The topological polar surface area (TPSA) is 39.8 Å². The number of rotatable bonds is 2. The minimum absolute atomic E-state index is 0.0351. The van der Waals surface area contributed by atoms with Crippen molar-refractivity contribution in [1.29, 1.82) is 0 Å². The Morgan fingerprint density at radius 3 is 2.93 bits per heavy atom. The van der Waals surface area contributed by atoms with Gasteiger partial charge in [-0.25, -0.2) is 9.37 Å². The van der Waals surface area contributed by atoms with Crippen LogP contribution in [0.5, 0.6) is 0 Å². The molecule has 0 N–H and O–H groups in total. The van der Waals surface area contributed by atoms with Crippen molar-refractivity contribution in [3.05, 3.63) is 68.7 Å². The monoisotopic (exact) mass is 399 g/mol. The van der Waals surface area contributed by atoms with Crippen molar-refractivity contribution in [3.8, 4) is 0 Å². The first-order valence-electron chi connectivity index (χ1n) is 8.63. The normalized spacial score (nSPS) is 13.6. The summed E-state index contributed by atoms with van der Waals surface area (Å²) in [5.74, 6) is 0.480. The van der Waals surface area contributed by atoms with Gasteiger partial charge in [-0.05, 0) is 36.8 Å². The Kier molecular flexibility index (Phi) is 3.81. The third kappa shape index (κ3) is 2.58. The van der Waals surface area contributed by atoms with Crippen LogP contribution in [0.1, 0.15) is 11.1 Å². The van der Waals surface area contributed by atoms with Crippen molar-refractivity contribution >= 4 is 45.3 Å². The maximum atomic E-state index is 13.4. The van der Waals surface area contributed by atoms with Gasteiger partial charge in [0.2, 0.25) is 0 Å². The van der Waals surface area contributed by atoms with Crippen LogP contribution in [-0.2, 0) is 13.1 Å². The number of aryl methyl sites for hydroxylation is 1. The second-order valence-corrected chi connectivity index (χ2v) is 8.21. The maximum absolute atomic E-state index is 13.4. The average molecular weight is 400 g/mol. The van der Waals surface area contributed by atoms with E-state index in [0.717, 1.165) is 38.5 Å². The molecule has 0 atom stereocenters. The Hall–Kier alpha value is -2.31. The molecule has 1 aliphatic heterocycles. The summed E-state index contributed by atoms with van der Waals surface area (Å²) in [5, 5.41) is 2.07. The van der Waals surface area contributed by atoms with Gasteiger partial charge in [-0.1, -0.05) is 41.1 Å². The zero-order valence-electron chi connectivity index (χ0n) is 14.5. The maximum Gasteiger partial charge on any atom is 0.278 e. The van der Waals surface area contributed by atoms with E-state index in [1.165, 1.54) is 12.1 Å². The fourth-order valence-electron chi connectivity index (χ4n) is 3.67. The molecule has 4 nitrogen and oxygen atoms in total. The van der Waals surface area contributed by atoms with Gasteiger partial charge in [0.1, 0.15) is 16.9 Å². The first kappa shape index (κ1) is 16.8. The minimum atomic E-state index is -0.377. The summed E-state index contributed by atoms with van der Waals surface area (Å²) in [6, 6.07) is 10.4. The summed E-state index contributed by atoms with van der Waals surface area (Å²) in [4.78, 5) is 18.0. The van der Waals surface area contributed by atoms with Crippen LogP contribution >= 0.6 is 23.4 Å². The number of thioether (sulfide) groups is 1. The molecule has 0 saturated carbocycles. The summed E-state index contributed by atoms with van der Waals surface area (Å²) in [7, 11) is 0. The van der Waals surface area contributed by atoms with Crippen molar-refractivity contribution in [2.45, 2.75) is 25.2 Å². The van der Waals surface area contributed by atoms with E-state index in [2.05, 4.69) is 6.07 Å². The third-order valence-electron chi connectivity index (χ3n) is 4.97. The third-order valence-corrected chi connectivity index (χ3v) is 6.28. The lowest BCUT2D eigenvalue weighted by molar-refractivity contribution is 0.626. The number of hydrogen-bond donors (Lipinski definition) is 0. The van der Waals surface area contributed by atoms with Crippen LogP contribution < -0.4 is 5.56 Å². The minimum Gasteiger partial charge on any atom is -0.330 e. The molecule has 0 amide bonds. The molecular weight excluding hydrogens is 385 g/mol. The van der Waals surface area contributed by atoms with Crippen LogP contribution in [0, 0.1) is 12.7 Å². The molecule has 0 radical (unpaired) electrons. The van der Waals surface area contributed by atoms with Crippen LogP contribution in [0.25, 0.3) is 21.9 Å². The van der Waals surface area contributed by atoms with Crippen molar-refractivity contribution < 1.29 is 4.39 Å². The largest absolute Gasteiger partial charge is 0.330 e.